The predicted octanol–water partition coefficient (Wildman–Crippen LogP) is 6.55. The van der Waals surface area contributed by atoms with Gasteiger partial charge in [-0.05, 0) is 112 Å². The van der Waals surface area contributed by atoms with E-state index in [1.807, 2.05) is 33.3 Å². The van der Waals surface area contributed by atoms with E-state index in [1.54, 1.807) is 83.9 Å². The minimum absolute atomic E-state index is 0.536. The first-order chi connectivity index (χ1) is 32.2. The Morgan fingerprint density at radius 2 is 0.667 bits per heavy atom. The van der Waals surface area contributed by atoms with Crippen LogP contribution >= 0.6 is 0 Å². The Kier molecular flexibility index (Phi) is 34.0. The minimum Gasteiger partial charge on any atom is -0.420 e. The minimum atomic E-state index is -3.04. The number of rotatable bonds is 28. The SMILES string of the molecule is C=C[Si](OC)(OC)OC.CC[Si](CC)(CC[Si]1(C)O[Si](C)(CC[Si](CC)(OC)OC)O[Si](C)(CC[Si](OC)(OC)OC)O[Si](C)(CC[Si](OC)(OC)OC)O1)OC.C[SiH]1O[SiH](C)O[SiH](C)O[SiH](C)O1. The smallest absolute Gasteiger partial charge is 0.420 e. The summed E-state index contributed by atoms with van der Waals surface area (Å²) in [5, 5.41) is 0. The molecule has 2 aliphatic rings. The van der Waals surface area contributed by atoms with Crippen LogP contribution in [-0.4, -0.2) is 200 Å². The fraction of sp³-hybridized carbons (Fsp3) is 0.944. The molecule has 2 rings (SSSR count). The molecule has 2 fully saturated rings. The van der Waals surface area contributed by atoms with Crippen LogP contribution < -0.4 is 0 Å². The summed E-state index contributed by atoms with van der Waals surface area (Å²) < 4.78 is 121. The van der Waals surface area contributed by atoms with Crippen molar-refractivity contribution in [1.29, 1.82) is 0 Å². The van der Waals surface area contributed by atoms with Crippen LogP contribution in [0.15, 0.2) is 12.3 Å². The molecule has 0 radical (unpaired) electrons. The lowest BCUT2D eigenvalue weighted by Gasteiger charge is -2.51. The van der Waals surface area contributed by atoms with Crippen LogP contribution in [-0.2, 0) is 86.0 Å². The molecule has 4 unspecified atom stereocenters. The molecule has 2 aliphatic heterocycles. The second-order valence-electron chi connectivity index (χ2n) is 17.5. The largest absolute Gasteiger partial charge is 0.528 e. The summed E-state index contributed by atoms with van der Waals surface area (Å²) in [5.74, 6) is 0. The van der Waals surface area contributed by atoms with Gasteiger partial charge < -0.3 is 86.0 Å². The summed E-state index contributed by atoms with van der Waals surface area (Å²) in [7, 11) is -10.5. The Morgan fingerprint density at radius 1 is 0.391 bits per heavy atom. The number of hydrogen-bond acceptors (Lipinski definition) is 20. The molecule has 0 spiro atoms. The van der Waals surface area contributed by atoms with Crippen LogP contribution in [0.2, 0.25) is 119 Å². The van der Waals surface area contributed by atoms with Gasteiger partial charge in [-0.3, -0.25) is 0 Å². The molecule has 0 amide bonds. The van der Waals surface area contributed by atoms with Gasteiger partial charge in [-0.2, -0.15) is 0 Å². The van der Waals surface area contributed by atoms with Gasteiger partial charge in [0.2, 0.25) is 0 Å². The molecule has 2 heterocycles. The zero-order valence-electron chi connectivity index (χ0n) is 47.0. The first-order valence-electron chi connectivity index (χ1n) is 23.9. The molecule has 0 aromatic heterocycles. The van der Waals surface area contributed by atoms with Crippen molar-refractivity contribution in [2.75, 3.05) is 85.3 Å². The highest BCUT2D eigenvalue weighted by atomic mass is 28.5. The Bertz CT molecular complexity index is 1160. The zero-order valence-corrected chi connectivity index (χ0v) is 60.7. The molecular formula is C36H98O20Si13. The van der Waals surface area contributed by atoms with E-state index in [4.69, 9.17) is 86.0 Å². The summed E-state index contributed by atoms with van der Waals surface area (Å²) in [6, 6.07) is 8.35. The van der Waals surface area contributed by atoms with E-state index in [9.17, 15) is 0 Å². The third-order valence-electron chi connectivity index (χ3n) is 13.0. The van der Waals surface area contributed by atoms with E-state index in [2.05, 4.69) is 53.5 Å². The van der Waals surface area contributed by atoms with Crippen LogP contribution in [0.5, 0.6) is 0 Å². The van der Waals surface area contributed by atoms with Crippen LogP contribution in [0.3, 0.4) is 0 Å². The Labute approximate surface area is 435 Å². The first-order valence-corrected chi connectivity index (χ1v) is 52.8. The predicted molar refractivity (Wildman–Crippen MR) is 300 cm³/mol. The summed E-state index contributed by atoms with van der Waals surface area (Å²) in [5.41, 5.74) is 1.58. The molecule has 2 saturated heterocycles. The van der Waals surface area contributed by atoms with Gasteiger partial charge >= 0.3 is 69.2 Å². The van der Waals surface area contributed by atoms with Crippen molar-refractivity contribution < 1.29 is 86.0 Å². The molecule has 4 atom stereocenters. The maximum absolute atomic E-state index is 7.47. The molecular weight excluding hydrogens is 1120 g/mol. The third kappa shape index (κ3) is 23.1. The Hall–Kier alpha value is 1.76. The molecule has 33 heteroatoms. The highest BCUT2D eigenvalue weighted by molar-refractivity contribution is 6.95. The second-order valence-corrected chi connectivity index (χ2v) is 58.3. The van der Waals surface area contributed by atoms with Crippen molar-refractivity contribution in [2.24, 2.45) is 0 Å². The van der Waals surface area contributed by atoms with Crippen LogP contribution in [0.1, 0.15) is 20.8 Å². The maximum atomic E-state index is 7.47. The average Bonchev–Trinajstić information content (AvgIpc) is 3.32. The van der Waals surface area contributed by atoms with Gasteiger partial charge in [0, 0.05) is 97.4 Å². The fourth-order valence-electron chi connectivity index (χ4n) is 8.52. The van der Waals surface area contributed by atoms with Crippen molar-refractivity contribution in [2.45, 2.75) is 140 Å². The van der Waals surface area contributed by atoms with Crippen molar-refractivity contribution >= 4 is 115 Å². The van der Waals surface area contributed by atoms with Crippen molar-refractivity contribution in [3.8, 4) is 0 Å². The van der Waals surface area contributed by atoms with E-state index in [1.165, 1.54) is 0 Å². The lowest BCUT2D eigenvalue weighted by Crippen LogP contribution is -2.68. The molecule has 0 aliphatic carbocycles. The maximum Gasteiger partial charge on any atom is 0.528 e. The van der Waals surface area contributed by atoms with E-state index in [-0.39, 0.29) is 0 Å². The van der Waals surface area contributed by atoms with E-state index in [0.29, 0.717) is 30.2 Å². The standard InChI is InChI=1S/C27H70O13Si8.C5H12O3Si.C4H16O4Si4/c1-17-45(18-2,28-4)24-20-41(13)37-42(14,21-25-46(19-3,29-5)30-6)39-44(16,23-27-48(34-10,35-11)36-12)40-43(15,38-41)22-26-47(31-7,32-8)33-9;1-5-9(6-2,7-3)8-4;1-9-5-10(2)7-12(4)8-11(3)6-9/h17-27H2,1-16H3;5H,1H2,2-4H3;9-12H,1-4H3. The highest BCUT2D eigenvalue weighted by Gasteiger charge is 2.59. The molecule has 0 saturated carbocycles. The lowest BCUT2D eigenvalue weighted by atomic mass is 10.9. The fourth-order valence-corrected chi connectivity index (χ4v) is 60.3. The van der Waals surface area contributed by atoms with Crippen LogP contribution in [0, 0.1) is 0 Å². The van der Waals surface area contributed by atoms with E-state index >= 15 is 0 Å². The molecule has 0 N–H and O–H groups in total. The highest BCUT2D eigenvalue weighted by Crippen LogP contribution is 2.42. The van der Waals surface area contributed by atoms with Crippen LogP contribution in [0.25, 0.3) is 0 Å². The van der Waals surface area contributed by atoms with Crippen LogP contribution in [0.4, 0.5) is 0 Å². The molecule has 20 nitrogen and oxygen atoms in total. The summed E-state index contributed by atoms with van der Waals surface area (Å²) in [4.78, 5) is 0. The molecule has 0 aromatic carbocycles. The second kappa shape index (κ2) is 33.1. The average molecular weight is 1220 g/mol. The van der Waals surface area contributed by atoms with Gasteiger partial charge in [0.15, 0.2) is 8.32 Å². The van der Waals surface area contributed by atoms with E-state index in [0.717, 1.165) is 36.3 Å². The summed E-state index contributed by atoms with van der Waals surface area (Å²) in [6.07, 6.45) is 0. The van der Waals surface area contributed by atoms with Gasteiger partial charge in [0.05, 0.1) is 0 Å². The molecule has 0 bridgehead atoms. The monoisotopic (exact) mass is 1210 g/mol. The van der Waals surface area contributed by atoms with Crippen molar-refractivity contribution in [3.05, 3.63) is 12.3 Å². The van der Waals surface area contributed by atoms with Crippen molar-refractivity contribution in [1.82, 2.24) is 0 Å². The molecule has 414 valence electrons. The number of hydrogen-bond donors (Lipinski definition) is 0. The Morgan fingerprint density at radius 3 is 0.855 bits per heavy atom. The quantitative estimate of drug-likeness (QED) is 0.0767. The van der Waals surface area contributed by atoms with Gasteiger partial charge in [-0.1, -0.05) is 27.4 Å². The lowest BCUT2D eigenvalue weighted by molar-refractivity contribution is 0.123. The zero-order chi connectivity index (χ0) is 53.4. The van der Waals surface area contributed by atoms with Gasteiger partial charge in [0.1, 0.15) is 0 Å². The third-order valence-corrected chi connectivity index (χ3v) is 61.6. The molecule has 69 heavy (non-hydrogen) atoms. The van der Waals surface area contributed by atoms with Gasteiger partial charge in [0.25, 0.3) is 37.1 Å². The summed E-state index contributed by atoms with van der Waals surface area (Å²) >= 11 is 0. The Balaban J connectivity index is 0.00000179. The molecule has 0 aromatic rings. The van der Waals surface area contributed by atoms with E-state index < -0.39 is 115 Å². The first kappa shape index (κ1) is 70.8. The normalized spacial score (nSPS) is 28.8. The van der Waals surface area contributed by atoms with Gasteiger partial charge in [-0.25, -0.2) is 0 Å². The van der Waals surface area contributed by atoms with Crippen molar-refractivity contribution in [3.63, 3.8) is 0 Å². The topological polar surface area (TPSA) is 185 Å². The summed E-state index contributed by atoms with van der Waals surface area (Å²) in [6.45, 7) is 26.9. The van der Waals surface area contributed by atoms with Gasteiger partial charge in [-0.15, -0.1) is 0 Å².